The smallest absolute Gasteiger partial charge is 0.475 e. The van der Waals surface area contributed by atoms with Crippen LogP contribution in [0.2, 0.25) is 5.02 Å². The molecule has 12 heteroatoms. The second-order valence-electron chi connectivity index (χ2n) is 6.85. The number of rotatable bonds is 5. The first kappa shape index (κ1) is 27.1. The van der Waals surface area contributed by atoms with Crippen molar-refractivity contribution in [3.63, 3.8) is 0 Å². The molecule has 2 rings (SSSR count). The highest BCUT2D eigenvalue weighted by Gasteiger charge is 2.44. The SMILES string of the molecule is CCOC(=O)C(NC(=O)c1ccccc1Cl)C1(S)CCN(C)CC1.O=C(O)C(F)(F)F. The third kappa shape index (κ3) is 8.23. The number of piperidine rings is 1. The van der Waals surface area contributed by atoms with Gasteiger partial charge in [0, 0.05) is 4.75 Å². The molecular formula is C19H24ClF3N2O5S. The van der Waals surface area contributed by atoms with Crippen molar-refractivity contribution >= 4 is 42.1 Å². The minimum Gasteiger partial charge on any atom is -0.475 e. The van der Waals surface area contributed by atoms with E-state index in [1.54, 1.807) is 31.2 Å². The van der Waals surface area contributed by atoms with E-state index < -0.39 is 34.8 Å². The molecule has 1 saturated heterocycles. The molecule has 7 nitrogen and oxygen atoms in total. The Kier molecular flexibility index (Phi) is 10.1. The molecular weight excluding hydrogens is 461 g/mol. The topological polar surface area (TPSA) is 95.9 Å². The Balaban J connectivity index is 0.000000592. The van der Waals surface area contributed by atoms with Gasteiger partial charge in [-0.1, -0.05) is 23.7 Å². The highest BCUT2D eigenvalue weighted by molar-refractivity contribution is 7.82. The van der Waals surface area contributed by atoms with Crippen LogP contribution in [0.5, 0.6) is 0 Å². The van der Waals surface area contributed by atoms with Crippen molar-refractivity contribution in [2.45, 2.75) is 36.7 Å². The largest absolute Gasteiger partial charge is 0.490 e. The lowest BCUT2D eigenvalue weighted by Crippen LogP contribution is -2.58. The number of benzene rings is 1. The van der Waals surface area contributed by atoms with Crippen molar-refractivity contribution in [1.29, 1.82) is 0 Å². The van der Waals surface area contributed by atoms with Crippen LogP contribution >= 0.6 is 24.2 Å². The number of esters is 1. The molecule has 0 saturated carbocycles. The van der Waals surface area contributed by atoms with Crippen LogP contribution in [0.25, 0.3) is 0 Å². The maximum absolute atomic E-state index is 12.6. The summed E-state index contributed by atoms with van der Waals surface area (Å²) in [5, 5.41) is 10.3. The molecule has 1 aromatic carbocycles. The summed E-state index contributed by atoms with van der Waals surface area (Å²) in [6.45, 7) is 3.61. The summed E-state index contributed by atoms with van der Waals surface area (Å²) in [5.41, 5.74) is 0.332. The highest BCUT2D eigenvalue weighted by atomic mass is 35.5. The molecule has 0 aliphatic carbocycles. The zero-order valence-electron chi connectivity index (χ0n) is 16.9. The van der Waals surface area contributed by atoms with E-state index in [-0.39, 0.29) is 6.61 Å². The number of halogens is 4. The van der Waals surface area contributed by atoms with Gasteiger partial charge in [-0.2, -0.15) is 25.8 Å². The zero-order chi connectivity index (χ0) is 23.8. The van der Waals surface area contributed by atoms with Gasteiger partial charge in [-0.25, -0.2) is 9.59 Å². The number of carbonyl (C=O) groups excluding carboxylic acids is 2. The van der Waals surface area contributed by atoms with Gasteiger partial charge in [0.25, 0.3) is 5.91 Å². The number of ether oxygens (including phenoxy) is 1. The first-order chi connectivity index (χ1) is 14.3. The van der Waals surface area contributed by atoms with E-state index in [1.165, 1.54) is 0 Å². The molecule has 0 aromatic heterocycles. The van der Waals surface area contributed by atoms with Crippen LogP contribution in [-0.4, -0.2) is 71.6 Å². The highest BCUT2D eigenvalue weighted by Crippen LogP contribution is 2.33. The number of carbonyl (C=O) groups is 3. The number of amides is 1. The lowest BCUT2D eigenvalue weighted by atomic mass is 9.88. The number of carboxylic acid groups (broad SMARTS) is 1. The van der Waals surface area contributed by atoms with Gasteiger partial charge in [-0.05, 0) is 52.0 Å². The van der Waals surface area contributed by atoms with Gasteiger partial charge in [0.1, 0.15) is 6.04 Å². The minimum atomic E-state index is -5.08. The van der Waals surface area contributed by atoms with Crippen LogP contribution < -0.4 is 5.32 Å². The van der Waals surface area contributed by atoms with Crippen molar-refractivity contribution in [2.24, 2.45) is 0 Å². The average Bonchev–Trinajstić information content (AvgIpc) is 2.68. The van der Waals surface area contributed by atoms with Crippen molar-refractivity contribution in [3.8, 4) is 0 Å². The van der Waals surface area contributed by atoms with Crippen LogP contribution in [0.4, 0.5) is 13.2 Å². The number of hydrogen-bond acceptors (Lipinski definition) is 6. The van der Waals surface area contributed by atoms with Crippen LogP contribution in [0.15, 0.2) is 24.3 Å². The summed E-state index contributed by atoms with van der Waals surface area (Å²) in [6.07, 6.45) is -3.72. The maximum atomic E-state index is 12.6. The van der Waals surface area contributed by atoms with Crippen LogP contribution in [-0.2, 0) is 14.3 Å². The molecule has 1 aliphatic rings. The second-order valence-corrected chi connectivity index (χ2v) is 8.15. The number of carboxylic acids is 1. The van der Waals surface area contributed by atoms with Crippen LogP contribution in [0.3, 0.4) is 0 Å². The molecule has 1 amide bonds. The number of thiol groups is 1. The van der Waals surface area contributed by atoms with E-state index in [0.717, 1.165) is 13.1 Å². The van der Waals surface area contributed by atoms with Crippen molar-refractivity contribution in [1.82, 2.24) is 10.2 Å². The van der Waals surface area contributed by atoms with Crippen molar-refractivity contribution in [2.75, 3.05) is 26.7 Å². The summed E-state index contributed by atoms with van der Waals surface area (Å²) in [7, 11) is 2.02. The Morgan fingerprint density at radius 1 is 1.29 bits per heavy atom. The van der Waals surface area contributed by atoms with Gasteiger partial charge in [-0.3, -0.25) is 4.79 Å². The number of nitrogens with one attached hydrogen (secondary N) is 1. The number of nitrogens with zero attached hydrogens (tertiary/aromatic N) is 1. The molecule has 1 aromatic rings. The van der Waals surface area contributed by atoms with E-state index in [1.807, 2.05) is 7.05 Å². The first-order valence-corrected chi connectivity index (χ1v) is 10.1. The zero-order valence-corrected chi connectivity index (χ0v) is 18.6. The fourth-order valence-corrected chi connectivity index (χ4v) is 3.38. The summed E-state index contributed by atoms with van der Waals surface area (Å²) in [5.74, 6) is -3.61. The van der Waals surface area contributed by atoms with Crippen molar-refractivity contribution < 1.29 is 37.4 Å². The van der Waals surface area contributed by atoms with E-state index >= 15 is 0 Å². The molecule has 174 valence electrons. The lowest BCUT2D eigenvalue weighted by molar-refractivity contribution is -0.192. The Hall–Kier alpha value is -1.98. The van der Waals surface area contributed by atoms with Gasteiger partial charge < -0.3 is 20.1 Å². The molecule has 1 atom stereocenters. The molecule has 1 unspecified atom stereocenters. The number of hydrogen-bond donors (Lipinski definition) is 3. The van der Waals surface area contributed by atoms with E-state index in [0.29, 0.717) is 23.4 Å². The maximum Gasteiger partial charge on any atom is 0.490 e. The molecule has 0 spiro atoms. The monoisotopic (exact) mass is 484 g/mol. The number of alkyl halides is 3. The lowest BCUT2D eigenvalue weighted by Gasteiger charge is -2.41. The third-order valence-corrected chi connectivity index (χ3v) is 5.58. The summed E-state index contributed by atoms with van der Waals surface area (Å²) in [4.78, 5) is 36.1. The molecule has 1 heterocycles. The standard InChI is InChI=1S/C17H23ClN2O3S.C2HF3O2/c1-3-23-16(22)14(17(24)8-10-20(2)11-9-17)19-15(21)12-6-4-5-7-13(12)18;3-2(4,5)1(6)7/h4-7,14,24H,3,8-11H2,1-2H3,(H,19,21);(H,6,7). The van der Waals surface area contributed by atoms with Crippen molar-refractivity contribution in [3.05, 3.63) is 34.9 Å². The van der Waals surface area contributed by atoms with E-state index in [4.69, 9.17) is 38.9 Å². The fraction of sp³-hybridized carbons (Fsp3) is 0.526. The Bertz CT molecular complexity index is 786. The summed E-state index contributed by atoms with van der Waals surface area (Å²) >= 11 is 10.8. The fourth-order valence-electron chi connectivity index (χ4n) is 2.79. The number of aliphatic carboxylic acids is 1. The van der Waals surface area contributed by atoms with Crippen LogP contribution in [0, 0.1) is 0 Å². The average molecular weight is 485 g/mol. The van der Waals surface area contributed by atoms with E-state index in [2.05, 4.69) is 10.2 Å². The Morgan fingerprint density at radius 3 is 2.26 bits per heavy atom. The molecule has 1 aliphatic heterocycles. The summed E-state index contributed by atoms with van der Waals surface area (Å²) < 4.78 is 36.3. The minimum absolute atomic E-state index is 0.251. The summed E-state index contributed by atoms with van der Waals surface area (Å²) in [6, 6.07) is 5.92. The number of likely N-dealkylation sites (tertiary alicyclic amines) is 1. The van der Waals surface area contributed by atoms with Gasteiger partial charge in [0.2, 0.25) is 0 Å². The van der Waals surface area contributed by atoms with Gasteiger partial charge in [0.15, 0.2) is 0 Å². The predicted molar refractivity (Wildman–Crippen MR) is 111 cm³/mol. The predicted octanol–water partition coefficient (Wildman–Crippen LogP) is 3.03. The normalized spacial score (nSPS) is 17.0. The molecule has 0 radical (unpaired) electrons. The van der Waals surface area contributed by atoms with E-state index in [9.17, 15) is 22.8 Å². The molecule has 1 fully saturated rings. The van der Waals surface area contributed by atoms with Crippen LogP contribution in [0.1, 0.15) is 30.1 Å². The molecule has 0 bridgehead atoms. The van der Waals surface area contributed by atoms with Gasteiger partial charge >= 0.3 is 18.1 Å². The van der Waals surface area contributed by atoms with Gasteiger partial charge in [0.05, 0.1) is 17.2 Å². The first-order valence-electron chi connectivity index (χ1n) is 9.25. The second kappa shape index (κ2) is 11.6. The van der Waals surface area contributed by atoms with Gasteiger partial charge in [-0.15, -0.1) is 0 Å². The molecule has 2 N–H and O–H groups in total. The Morgan fingerprint density at radius 2 is 1.81 bits per heavy atom. The third-order valence-electron chi connectivity index (χ3n) is 4.55. The Labute approximate surface area is 188 Å². The molecule has 31 heavy (non-hydrogen) atoms. The quantitative estimate of drug-likeness (QED) is 0.439.